The van der Waals surface area contributed by atoms with E-state index in [0.29, 0.717) is 18.9 Å². The van der Waals surface area contributed by atoms with Crippen LogP contribution in [0.2, 0.25) is 5.02 Å². The second-order valence-electron chi connectivity index (χ2n) is 7.81. The molecule has 6 heteroatoms. The van der Waals surface area contributed by atoms with Crippen molar-refractivity contribution in [1.82, 2.24) is 10.2 Å². The molecule has 27 heavy (non-hydrogen) atoms. The second-order valence-corrected chi connectivity index (χ2v) is 8.25. The number of carbonyl (C=O) groups excluding carboxylic acids is 2. The third-order valence-electron chi connectivity index (χ3n) is 4.39. The lowest BCUT2D eigenvalue weighted by Crippen LogP contribution is -2.61. The van der Waals surface area contributed by atoms with Crippen molar-refractivity contribution >= 4 is 23.4 Å². The molecule has 0 saturated carbocycles. The van der Waals surface area contributed by atoms with Gasteiger partial charge in [0.2, 0.25) is 5.91 Å². The molecule has 0 aromatic heterocycles. The zero-order chi connectivity index (χ0) is 20.1. The monoisotopic (exact) mass is 392 g/mol. The Kier molecular flexibility index (Phi) is 7.26. The number of hydrogen-bond acceptors (Lipinski definition) is 2. The van der Waals surface area contributed by atoms with Gasteiger partial charge in [0.25, 0.3) is 5.91 Å². The van der Waals surface area contributed by atoms with Crippen molar-refractivity contribution < 1.29 is 14.0 Å². The fraction of sp³-hybridized carbons (Fsp3) is 0.524. The highest BCUT2D eigenvalue weighted by Gasteiger charge is 2.37. The van der Waals surface area contributed by atoms with Crippen LogP contribution in [0, 0.1) is 29.5 Å². The predicted octanol–water partition coefficient (Wildman–Crippen LogP) is 3.62. The summed E-state index contributed by atoms with van der Waals surface area (Å²) in [6.45, 7) is 8.57. The lowest BCUT2D eigenvalue weighted by Gasteiger charge is -2.39. The van der Waals surface area contributed by atoms with Crippen molar-refractivity contribution in [3.63, 3.8) is 0 Å². The third-order valence-corrected chi connectivity index (χ3v) is 4.62. The molecule has 0 bridgehead atoms. The summed E-state index contributed by atoms with van der Waals surface area (Å²) in [7, 11) is 0. The molecular weight excluding hydrogens is 367 g/mol. The molecule has 2 rings (SSSR count). The highest BCUT2D eigenvalue weighted by Crippen LogP contribution is 2.20. The van der Waals surface area contributed by atoms with Crippen LogP contribution in [-0.4, -0.2) is 35.3 Å². The SMILES string of the molecule is CC(C)CC1CN(C(=O)C#Cc2ccc(Cl)cc2F)C(CC(C)C)C(=O)N1. The van der Waals surface area contributed by atoms with Crippen molar-refractivity contribution in [3.05, 3.63) is 34.6 Å². The van der Waals surface area contributed by atoms with E-state index in [2.05, 4.69) is 31.0 Å². The van der Waals surface area contributed by atoms with E-state index in [0.717, 1.165) is 12.5 Å². The van der Waals surface area contributed by atoms with E-state index in [1.165, 1.54) is 17.0 Å². The fourth-order valence-electron chi connectivity index (χ4n) is 3.24. The molecule has 146 valence electrons. The van der Waals surface area contributed by atoms with Gasteiger partial charge in [-0.05, 0) is 42.9 Å². The number of piperazine rings is 1. The predicted molar refractivity (Wildman–Crippen MR) is 105 cm³/mol. The van der Waals surface area contributed by atoms with Gasteiger partial charge >= 0.3 is 0 Å². The van der Waals surface area contributed by atoms with Gasteiger partial charge in [0.05, 0.1) is 5.56 Å². The number of amides is 2. The minimum absolute atomic E-state index is 0.0982. The van der Waals surface area contributed by atoms with Crippen LogP contribution in [0.1, 0.15) is 46.1 Å². The largest absolute Gasteiger partial charge is 0.350 e. The van der Waals surface area contributed by atoms with E-state index in [1.807, 2.05) is 13.8 Å². The number of nitrogens with one attached hydrogen (secondary N) is 1. The molecule has 1 fully saturated rings. The zero-order valence-electron chi connectivity index (χ0n) is 16.2. The van der Waals surface area contributed by atoms with Crippen LogP contribution in [0.15, 0.2) is 18.2 Å². The van der Waals surface area contributed by atoms with Gasteiger partial charge in [-0.25, -0.2) is 4.39 Å². The van der Waals surface area contributed by atoms with E-state index in [9.17, 15) is 14.0 Å². The molecule has 4 nitrogen and oxygen atoms in total. The molecule has 1 N–H and O–H groups in total. The Labute approximate surface area is 165 Å². The first-order chi connectivity index (χ1) is 12.7. The molecular formula is C21H26ClFN2O2. The standard InChI is InChI=1S/C21H26ClFN2O2/c1-13(2)9-17-12-25(19(10-14(3)4)21(27)24-17)20(26)8-6-15-5-7-16(22)11-18(15)23/h5,7,11,13-14,17,19H,9-10,12H2,1-4H3,(H,24,27). The summed E-state index contributed by atoms with van der Waals surface area (Å²) < 4.78 is 13.9. The molecule has 1 aromatic rings. The lowest BCUT2D eigenvalue weighted by atomic mass is 9.95. The van der Waals surface area contributed by atoms with Crippen LogP contribution in [-0.2, 0) is 9.59 Å². The number of benzene rings is 1. The molecule has 0 aliphatic carbocycles. The third kappa shape index (κ3) is 5.97. The summed E-state index contributed by atoms with van der Waals surface area (Å²) >= 11 is 5.73. The van der Waals surface area contributed by atoms with Crippen molar-refractivity contribution in [1.29, 1.82) is 0 Å². The number of carbonyl (C=O) groups is 2. The molecule has 0 spiro atoms. The van der Waals surface area contributed by atoms with Gasteiger partial charge in [-0.3, -0.25) is 9.59 Å². The van der Waals surface area contributed by atoms with Crippen molar-refractivity contribution in [2.75, 3.05) is 6.54 Å². The van der Waals surface area contributed by atoms with Gasteiger partial charge in [-0.15, -0.1) is 0 Å². The van der Waals surface area contributed by atoms with Crippen LogP contribution >= 0.6 is 11.6 Å². The Morgan fingerprint density at radius 3 is 2.56 bits per heavy atom. The number of rotatable bonds is 4. The van der Waals surface area contributed by atoms with E-state index in [1.54, 1.807) is 0 Å². The van der Waals surface area contributed by atoms with Crippen LogP contribution in [0.25, 0.3) is 0 Å². The smallest absolute Gasteiger partial charge is 0.299 e. The maximum Gasteiger partial charge on any atom is 0.299 e. The number of hydrogen-bond donors (Lipinski definition) is 1. The van der Waals surface area contributed by atoms with E-state index >= 15 is 0 Å². The van der Waals surface area contributed by atoms with Gasteiger partial charge in [0.15, 0.2) is 0 Å². The van der Waals surface area contributed by atoms with Gasteiger partial charge in [0, 0.05) is 23.5 Å². The maximum absolute atomic E-state index is 13.9. The van der Waals surface area contributed by atoms with E-state index in [-0.39, 0.29) is 28.5 Å². The van der Waals surface area contributed by atoms with Gasteiger partial charge in [0.1, 0.15) is 11.9 Å². The van der Waals surface area contributed by atoms with Crippen LogP contribution < -0.4 is 5.32 Å². The molecule has 0 radical (unpaired) electrons. The van der Waals surface area contributed by atoms with Gasteiger partial charge in [-0.2, -0.15) is 0 Å². The minimum Gasteiger partial charge on any atom is -0.350 e. The quantitative estimate of drug-likeness (QED) is 0.795. The van der Waals surface area contributed by atoms with Crippen LogP contribution in [0.5, 0.6) is 0 Å². The summed E-state index contributed by atoms with van der Waals surface area (Å²) in [5, 5.41) is 3.29. The summed E-state index contributed by atoms with van der Waals surface area (Å²) in [6.07, 6.45) is 1.34. The van der Waals surface area contributed by atoms with Gasteiger partial charge in [-0.1, -0.05) is 45.2 Å². The maximum atomic E-state index is 13.9. The Hall–Kier alpha value is -2.06. The van der Waals surface area contributed by atoms with E-state index < -0.39 is 17.8 Å². The summed E-state index contributed by atoms with van der Waals surface area (Å²) in [5.74, 6) is 4.54. The molecule has 1 heterocycles. The number of halogens is 2. The molecule has 1 aliphatic heterocycles. The Bertz CT molecular complexity index is 767. The summed E-state index contributed by atoms with van der Waals surface area (Å²) in [6, 6.07) is 3.47. The molecule has 2 unspecified atom stereocenters. The molecule has 2 atom stereocenters. The summed E-state index contributed by atoms with van der Waals surface area (Å²) in [4.78, 5) is 26.9. The Balaban J connectivity index is 2.24. The highest BCUT2D eigenvalue weighted by atomic mass is 35.5. The van der Waals surface area contributed by atoms with Crippen LogP contribution in [0.3, 0.4) is 0 Å². The topological polar surface area (TPSA) is 49.4 Å². The first kappa shape index (κ1) is 21.2. The van der Waals surface area contributed by atoms with Crippen LogP contribution in [0.4, 0.5) is 4.39 Å². The minimum atomic E-state index is -0.574. The normalized spacial score (nSPS) is 19.7. The first-order valence-corrected chi connectivity index (χ1v) is 9.63. The summed E-state index contributed by atoms with van der Waals surface area (Å²) in [5.41, 5.74) is 0.105. The fourth-order valence-corrected chi connectivity index (χ4v) is 3.40. The van der Waals surface area contributed by atoms with E-state index in [4.69, 9.17) is 11.6 Å². The first-order valence-electron chi connectivity index (χ1n) is 9.25. The number of nitrogens with zero attached hydrogens (tertiary/aromatic N) is 1. The average Bonchev–Trinajstić information content (AvgIpc) is 2.55. The van der Waals surface area contributed by atoms with Gasteiger partial charge < -0.3 is 10.2 Å². The molecule has 1 saturated heterocycles. The zero-order valence-corrected chi connectivity index (χ0v) is 16.9. The average molecular weight is 393 g/mol. The van der Waals surface area contributed by atoms with Crippen molar-refractivity contribution in [2.24, 2.45) is 11.8 Å². The van der Waals surface area contributed by atoms with Crippen molar-refractivity contribution in [2.45, 2.75) is 52.6 Å². The van der Waals surface area contributed by atoms with Crippen molar-refractivity contribution in [3.8, 4) is 11.8 Å². The highest BCUT2D eigenvalue weighted by molar-refractivity contribution is 6.30. The lowest BCUT2D eigenvalue weighted by molar-refractivity contribution is -0.142. The Morgan fingerprint density at radius 2 is 1.96 bits per heavy atom. The molecule has 2 amide bonds. The molecule has 1 aliphatic rings. The second kappa shape index (κ2) is 9.23. The Morgan fingerprint density at radius 1 is 1.30 bits per heavy atom. The molecule has 1 aromatic carbocycles.